The van der Waals surface area contributed by atoms with Crippen molar-refractivity contribution in [3.8, 4) is 11.1 Å². The third-order valence-corrected chi connectivity index (χ3v) is 28.3. The molecule has 6 aromatic rings. The summed E-state index contributed by atoms with van der Waals surface area (Å²) in [6.07, 6.45) is 9.83. The fourth-order valence-electron chi connectivity index (χ4n) is 15.2. The highest BCUT2D eigenvalue weighted by molar-refractivity contribution is 7.73. The molecule has 0 amide bonds. The van der Waals surface area contributed by atoms with Crippen LogP contribution in [0.1, 0.15) is 130 Å². The number of nitrogens with one attached hydrogen (secondary N) is 2. The number of aliphatic hydroxyl groups is 7. The molecule has 2 aromatic carbocycles. The van der Waals surface area contributed by atoms with E-state index in [9.17, 15) is 98.1 Å². The van der Waals surface area contributed by atoms with Crippen LogP contribution in [0.25, 0.3) is 11.1 Å². The number of rotatable bonds is 31. The van der Waals surface area contributed by atoms with Crippen LogP contribution in [0, 0.1) is 11.8 Å². The number of carboxylic acid groups (broad SMARTS) is 1. The number of aryl methyl sites for hydroxylation is 2. The van der Waals surface area contributed by atoms with E-state index in [0.29, 0.717) is 25.7 Å². The lowest BCUT2D eigenvalue weighted by Gasteiger charge is -2.20. The Morgan fingerprint density at radius 1 is 0.484 bits per heavy atom. The number of aromatic nitrogens is 8. The summed E-state index contributed by atoms with van der Waals surface area (Å²) in [5.41, 5.74) is -0.697. The topological polar surface area (TPSA) is 510 Å². The first kappa shape index (κ1) is 103. The van der Waals surface area contributed by atoms with E-state index < -0.39 is 200 Å². The molecular weight excluding hydrogens is 1720 g/mol. The largest absolute Gasteiger partial charge is 0.516 e. The van der Waals surface area contributed by atoms with Crippen molar-refractivity contribution in [2.75, 3.05) is 91.7 Å². The molecule has 126 heavy (non-hydrogen) atoms. The first-order valence-corrected chi connectivity index (χ1v) is 53.5. The van der Waals surface area contributed by atoms with Gasteiger partial charge in [-0.15, -0.1) is 52.7 Å². The van der Waals surface area contributed by atoms with E-state index >= 15 is 0 Å². The van der Waals surface area contributed by atoms with Gasteiger partial charge in [-0.2, -0.15) is 0 Å². The Kier molecular flexibility index (Phi) is 35.5. The monoisotopic (exact) mass is 1840 g/mol. The highest BCUT2D eigenvalue weighted by Gasteiger charge is 2.49. The number of methoxy groups -OCH3 is 1. The molecule has 8 heterocycles. The van der Waals surface area contributed by atoms with Crippen molar-refractivity contribution in [3.63, 3.8) is 0 Å². The third-order valence-electron chi connectivity index (χ3n) is 22.5. The number of aliphatic carboxylic acids is 1. The van der Waals surface area contributed by atoms with Crippen molar-refractivity contribution in [1.29, 1.82) is 0 Å². The van der Waals surface area contributed by atoms with Crippen molar-refractivity contribution in [3.05, 3.63) is 190 Å². The summed E-state index contributed by atoms with van der Waals surface area (Å²) >= 11 is 0. The second-order valence-corrected chi connectivity index (χ2v) is 53.2. The highest BCUT2D eigenvalue weighted by Crippen LogP contribution is 2.47. The predicted octanol–water partition coefficient (Wildman–Crippen LogP) is 2.67. The summed E-state index contributed by atoms with van der Waals surface area (Å²) < 4.78 is 45.6. The maximum absolute atomic E-state index is 13.4. The fourth-order valence-corrected chi connectivity index (χ4v) is 19.0. The molecule has 1 aliphatic carbocycles. The van der Waals surface area contributed by atoms with Crippen LogP contribution < -0.4 is 45.0 Å². The van der Waals surface area contributed by atoms with Gasteiger partial charge in [-0.05, 0) is 153 Å². The number of hydrogen-bond acceptors (Lipinski definition) is 27. The molecule has 4 fully saturated rings. The molecule has 5 aliphatic rings. The van der Waals surface area contributed by atoms with Crippen LogP contribution >= 0.6 is 27.5 Å². The number of ketones is 2. The lowest BCUT2D eigenvalue weighted by molar-refractivity contribution is -0.144. The first-order valence-electron chi connectivity index (χ1n) is 41.3. The number of nitrogens with zero attached hydrogens (tertiary/aromatic N) is 6. The average molecular weight is 1840 g/mol. The highest BCUT2D eigenvalue weighted by atomic mass is 31.2. The minimum atomic E-state index is -1.41. The molecule has 40 heteroatoms. The zero-order chi connectivity index (χ0) is 94.0. The van der Waals surface area contributed by atoms with Crippen LogP contribution in [0.5, 0.6) is 0 Å². The molecular formula is C86H124N8O28P4. The van der Waals surface area contributed by atoms with E-state index in [2.05, 4.69) is 88.5 Å². The number of aromatic amines is 2. The predicted molar refractivity (Wildman–Crippen MR) is 487 cm³/mol. The maximum atomic E-state index is 13.4. The van der Waals surface area contributed by atoms with Crippen LogP contribution in [0.2, 0.25) is 0 Å². The van der Waals surface area contributed by atoms with Crippen LogP contribution in [-0.2, 0) is 92.4 Å². The molecule has 11 rings (SSSR count). The Balaban J connectivity index is 0.000000216. The fraction of sp³-hybridized carbons (Fsp3) is 0.570. The summed E-state index contributed by atoms with van der Waals surface area (Å²) in [7, 11) is 4.35. The molecule has 0 spiro atoms. The normalized spacial score (nSPS) is 24.5. The third kappa shape index (κ3) is 26.7. The molecule has 0 saturated carbocycles. The summed E-state index contributed by atoms with van der Waals surface area (Å²) in [4.78, 5) is 163. The molecule has 0 bridgehead atoms. The maximum Gasteiger partial charge on any atom is 0.516 e. The molecule has 2 unspecified atom stereocenters. The molecule has 36 nitrogen and oxygen atoms in total. The number of H-pyrrole nitrogens is 2. The smallest absolute Gasteiger partial charge is 0.481 e. The van der Waals surface area contributed by atoms with Crippen LogP contribution in [0.15, 0.2) is 112 Å². The molecule has 18 atom stereocenters. The van der Waals surface area contributed by atoms with Gasteiger partial charge in [0.25, 0.3) is 22.2 Å². The second-order valence-electron chi connectivity index (χ2n) is 35.9. The van der Waals surface area contributed by atoms with Crippen molar-refractivity contribution < 1.29 is 98.0 Å². The lowest BCUT2D eigenvalue weighted by Crippen LogP contribution is -2.42. The van der Waals surface area contributed by atoms with Crippen LogP contribution in [0.4, 0.5) is 4.79 Å². The minimum absolute atomic E-state index is 0.00790. The quantitative estimate of drug-likeness (QED) is 0.0170. The van der Waals surface area contributed by atoms with Crippen molar-refractivity contribution in [2.45, 2.75) is 196 Å². The zero-order valence-electron chi connectivity index (χ0n) is 74.0. The number of carbonyl (C=O) groups excluding carboxylic acids is 4. The number of fused-ring (bicyclic) bond motifs is 3. The molecule has 4 saturated heterocycles. The van der Waals surface area contributed by atoms with Gasteiger partial charge in [0.15, 0.2) is 12.5 Å². The summed E-state index contributed by atoms with van der Waals surface area (Å²) in [6.45, 7) is 16.7. The van der Waals surface area contributed by atoms with Gasteiger partial charge < -0.3 is 83.1 Å². The number of Topliss-reactive ketones (excluding diaryl/α,β-unsaturated/α-hetero) is 2. The standard InChI is InChI=1S/C34H41N2O9P.C19H31N2O7P.C17H27N2O6P.C16H25N2O6P/c1-20(32(40)45-34(42)43-19-26-23-12-8-6-10-21(23)22-11-7-9-13-24(22)26)14-16-36-31(39)25(18-35(2)33(36)41)30-29(38)28(37)27(44-30)15-17-46(3,4)5;1-11(18(25)26)6-8-21-17(24)12(10-20(2)19(21)27)16-15(23)14(22)13(28-16)7-9-29(3,4)5;1-10(20)8-11-9-19(17(23)18-15(11)22)16-14(24-2)13(21)12(25-16)6-7-26(3,4)5;1-9(19)7-10-8-18(16(23)17-14(10)22)15-13(21)12(20)11(24-15)5-6-25(2,3)4/h6-13,18,20,26-30,37-38H,3,14-17,19H2,1-2,4-5H3;10-11,13-16,22-23H,3,6-9H2,1-2,4-5H3,(H,25,26);9,12-14,16,21H,3,6-8H2,1-2,4-5H3,(H,18,22,23);8,11-13,15,20-21H,2,5-7H2,1,3-4H3,(H,17,22,23)/t20?,27-,28-,29-,30+;11?,13-,14-,15-,16+;12-,13-,14-,16-;11-,12-,13-,15-/m1111/s1. The van der Waals surface area contributed by atoms with E-state index in [1.54, 1.807) is 0 Å². The summed E-state index contributed by atoms with van der Waals surface area (Å²) in [6, 6.07) is 15.7. The van der Waals surface area contributed by atoms with Gasteiger partial charge in [0, 0.05) is 89.0 Å². The number of aliphatic hydroxyl groups excluding tert-OH is 7. The van der Waals surface area contributed by atoms with E-state index in [1.165, 1.54) is 87.4 Å². The van der Waals surface area contributed by atoms with Gasteiger partial charge in [-0.25, -0.2) is 24.0 Å². The van der Waals surface area contributed by atoms with Gasteiger partial charge in [0.05, 0.1) is 47.4 Å². The second kappa shape index (κ2) is 43.4. The van der Waals surface area contributed by atoms with Gasteiger partial charge >= 0.3 is 40.9 Å². The summed E-state index contributed by atoms with van der Waals surface area (Å²) in [5.74, 6) is -4.06. The van der Waals surface area contributed by atoms with Gasteiger partial charge in [-0.1, -0.05) is 62.4 Å². The van der Waals surface area contributed by atoms with Crippen molar-refractivity contribution in [1.82, 2.24) is 37.4 Å². The Morgan fingerprint density at radius 3 is 1.22 bits per heavy atom. The minimum Gasteiger partial charge on any atom is -0.481 e. The van der Waals surface area contributed by atoms with Crippen molar-refractivity contribution >= 4 is 82.4 Å². The first-order chi connectivity index (χ1) is 58.6. The molecule has 10 N–H and O–H groups in total. The number of benzene rings is 2. The Bertz CT molecular complexity index is 5620. The Morgan fingerprint density at radius 2 is 0.841 bits per heavy atom. The number of esters is 1. The Hall–Kier alpha value is -8.37. The van der Waals surface area contributed by atoms with E-state index in [4.69, 9.17) is 38.3 Å². The lowest BCUT2D eigenvalue weighted by atomic mass is 9.98. The average Bonchev–Trinajstić information content (AvgIpc) is 1.69. The zero-order valence-corrected chi connectivity index (χ0v) is 77.6. The SMILES string of the molecule is C=P(C)(C)CC[C@H]1O[C@@H](c2cn(C)c(=O)n(CCC(C)C(=O)O)c2=O)[C@H](O)[C@@H]1O.C=P(C)(C)CC[C@H]1O[C@@H](c2cn(C)c(=O)n(CCC(C)C(=O)OC(=O)OCC3c4ccccc4-c4ccccc43)c2=O)[C@H](O)[C@@H]1O.C=P(C)(C)CC[C@H]1O[C@@H](n2cc(CC(C)=O)c(=O)[nH]c2=O)[C@H](O)[C@@H]1O.C=P(C)(C)CC[C@H]1O[C@@H](n2cc(CC(C)=O)c(=O)[nH]c2=O)[C@H](OC)[C@@H]1O. The van der Waals surface area contributed by atoms with E-state index in [-0.39, 0.29) is 85.1 Å². The number of ether oxygens (including phenoxy) is 7. The number of carboxylic acids is 1. The van der Waals surface area contributed by atoms with Gasteiger partial charge in [0.1, 0.15) is 79.2 Å². The van der Waals surface area contributed by atoms with E-state index in [1.807, 2.05) is 48.5 Å². The van der Waals surface area contributed by atoms with Gasteiger partial charge in [-0.3, -0.25) is 66.6 Å². The number of carbonyl (C=O) groups is 5. The Labute approximate surface area is 729 Å². The molecule has 0 radical (unpaired) electrons. The van der Waals surface area contributed by atoms with Crippen LogP contribution in [-0.4, -0.2) is 298 Å². The van der Waals surface area contributed by atoms with Gasteiger partial charge in [0.2, 0.25) is 0 Å². The molecule has 4 aliphatic heterocycles. The number of hydrogen-bond donors (Lipinski definition) is 10. The molecule has 696 valence electrons. The van der Waals surface area contributed by atoms with Crippen molar-refractivity contribution in [2.24, 2.45) is 25.9 Å². The molecule has 4 aromatic heterocycles. The summed E-state index contributed by atoms with van der Waals surface area (Å²) in [5, 5.41) is 82.3. The van der Waals surface area contributed by atoms with Crippen LogP contribution in [0.3, 0.4) is 0 Å². The van der Waals surface area contributed by atoms with E-state index in [0.717, 1.165) is 60.6 Å².